The van der Waals surface area contributed by atoms with Gasteiger partial charge in [-0.15, -0.1) is 0 Å². The third-order valence-corrected chi connectivity index (χ3v) is 7.78. The van der Waals surface area contributed by atoms with E-state index in [0.717, 1.165) is 50.8 Å². The van der Waals surface area contributed by atoms with Gasteiger partial charge in [-0.3, -0.25) is 9.78 Å². The second-order valence-electron chi connectivity index (χ2n) is 9.87. The molecule has 0 unspecified atom stereocenters. The maximum atomic E-state index is 14.0. The van der Waals surface area contributed by atoms with Gasteiger partial charge in [-0.1, -0.05) is 48.0 Å². The molecule has 2 aliphatic heterocycles. The average molecular weight is 443 g/mol. The Balaban J connectivity index is 1.32. The van der Waals surface area contributed by atoms with Crippen molar-refractivity contribution in [3.05, 3.63) is 77.6 Å². The van der Waals surface area contributed by atoms with E-state index in [2.05, 4.69) is 65.3 Å². The zero-order valence-electron chi connectivity index (χ0n) is 19.6. The number of pyridine rings is 1. The summed E-state index contributed by atoms with van der Waals surface area (Å²) in [5.41, 5.74) is 3.33. The first kappa shape index (κ1) is 22.1. The van der Waals surface area contributed by atoms with E-state index in [1.54, 1.807) is 0 Å². The van der Waals surface area contributed by atoms with Gasteiger partial charge in [0.25, 0.3) is 0 Å². The maximum Gasteiger partial charge on any atom is 0.233 e. The maximum absolute atomic E-state index is 14.0. The summed E-state index contributed by atoms with van der Waals surface area (Å²) in [6.07, 6.45) is 9.76. The number of rotatable bonds is 4. The van der Waals surface area contributed by atoms with E-state index in [1.165, 1.54) is 28.3 Å². The molecule has 2 aliphatic rings. The molecule has 0 spiro atoms. The normalized spacial score (nSPS) is 21.0. The molecule has 1 aromatic heterocycles. The van der Waals surface area contributed by atoms with Crippen LogP contribution in [-0.4, -0.2) is 42.1 Å². The van der Waals surface area contributed by atoms with E-state index in [1.807, 2.05) is 12.4 Å². The summed E-state index contributed by atoms with van der Waals surface area (Å²) < 4.78 is 5.67. The molecule has 33 heavy (non-hydrogen) atoms. The van der Waals surface area contributed by atoms with Crippen LogP contribution < -0.4 is 0 Å². The minimum Gasteiger partial charge on any atom is -0.381 e. The lowest BCUT2D eigenvalue weighted by molar-refractivity contribution is -0.141. The van der Waals surface area contributed by atoms with Crippen LogP contribution in [0.4, 0.5) is 0 Å². The van der Waals surface area contributed by atoms with Gasteiger partial charge in [0.1, 0.15) is 0 Å². The molecule has 1 atom stereocenters. The number of hydrogen-bond acceptors (Lipinski definition) is 3. The Kier molecular flexibility index (Phi) is 6.45. The molecule has 0 bridgehead atoms. The van der Waals surface area contributed by atoms with Crippen molar-refractivity contribution in [3.8, 4) is 0 Å². The first-order valence-corrected chi connectivity index (χ1v) is 12.4. The summed E-state index contributed by atoms with van der Waals surface area (Å²) >= 11 is 0. The molecular weight excluding hydrogens is 408 g/mol. The van der Waals surface area contributed by atoms with Gasteiger partial charge in [-0.05, 0) is 73.9 Å². The lowest BCUT2D eigenvalue weighted by atomic mass is 9.72. The largest absolute Gasteiger partial charge is 0.381 e. The predicted octanol–water partition coefficient (Wildman–Crippen LogP) is 5.46. The van der Waals surface area contributed by atoms with Crippen molar-refractivity contribution in [2.45, 2.75) is 50.9 Å². The van der Waals surface area contributed by atoms with Crippen LogP contribution in [0.25, 0.3) is 10.8 Å². The summed E-state index contributed by atoms with van der Waals surface area (Å²) in [6.45, 7) is 5.13. The first-order chi connectivity index (χ1) is 16.2. The summed E-state index contributed by atoms with van der Waals surface area (Å²) in [4.78, 5) is 20.5. The minimum absolute atomic E-state index is 0.310. The molecule has 4 nitrogen and oxygen atoms in total. The third-order valence-electron chi connectivity index (χ3n) is 7.78. The van der Waals surface area contributed by atoms with Gasteiger partial charge in [0.2, 0.25) is 5.91 Å². The van der Waals surface area contributed by atoms with E-state index in [9.17, 15) is 4.79 Å². The molecule has 2 fully saturated rings. The van der Waals surface area contributed by atoms with Crippen molar-refractivity contribution in [2.24, 2.45) is 5.92 Å². The van der Waals surface area contributed by atoms with Crippen molar-refractivity contribution in [1.29, 1.82) is 0 Å². The third kappa shape index (κ3) is 4.54. The number of likely N-dealkylation sites (tertiary alicyclic amines) is 1. The van der Waals surface area contributed by atoms with Gasteiger partial charge in [-0.2, -0.15) is 0 Å². The second kappa shape index (κ2) is 9.64. The van der Waals surface area contributed by atoms with E-state index in [-0.39, 0.29) is 0 Å². The number of amides is 1. The Labute approximate surface area is 197 Å². The lowest BCUT2D eigenvalue weighted by Gasteiger charge is -2.40. The molecule has 3 heterocycles. The van der Waals surface area contributed by atoms with Crippen molar-refractivity contribution >= 4 is 16.7 Å². The number of aryl methyl sites for hydroxylation is 1. The molecule has 2 saturated heterocycles. The Morgan fingerprint density at radius 2 is 1.88 bits per heavy atom. The smallest absolute Gasteiger partial charge is 0.233 e. The highest BCUT2D eigenvalue weighted by molar-refractivity contribution is 5.88. The quantitative estimate of drug-likeness (QED) is 0.539. The monoisotopic (exact) mass is 442 g/mol. The number of ether oxygens (including phenoxy) is 1. The fourth-order valence-electron chi connectivity index (χ4n) is 5.76. The number of carbonyl (C=O) groups is 1. The molecule has 4 heteroatoms. The Hall–Kier alpha value is -2.72. The highest BCUT2D eigenvalue weighted by Crippen LogP contribution is 2.38. The van der Waals surface area contributed by atoms with Gasteiger partial charge < -0.3 is 9.64 Å². The fraction of sp³-hybridized carbons (Fsp3) is 0.448. The molecule has 0 aliphatic carbocycles. The molecule has 3 aromatic rings. The highest BCUT2D eigenvalue weighted by atomic mass is 16.5. The van der Waals surface area contributed by atoms with E-state index in [4.69, 9.17) is 4.74 Å². The van der Waals surface area contributed by atoms with Gasteiger partial charge in [0.15, 0.2) is 0 Å². The number of aromatic nitrogens is 1. The molecule has 0 N–H and O–H groups in total. The van der Waals surface area contributed by atoms with Crippen molar-refractivity contribution < 1.29 is 9.53 Å². The van der Waals surface area contributed by atoms with Gasteiger partial charge in [0, 0.05) is 44.1 Å². The molecular formula is C29H34N2O2. The SMILES string of the molecule is Cc1ccc(C2(C(=O)N3CCC[C@@H](Cc4cccc5ccncc45)CC3)CCOCC2)cc1. The summed E-state index contributed by atoms with van der Waals surface area (Å²) in [5, 5.41) is 2.52. The number of hydrogen-bond donors (Lipinski definition) is 0. The molecule has 172 valence electrons. The zero-order chi connectivity index (χ0) is 22.7. The zero-order valence-corrected chi connectivity index (χ0v) is 19.6. The van der Waals surface area contributed by atoms with Crippen LogP contribution in [0.2, 0.25) is 0 Å². The van der Waals surface area contributed by atoms with Crippen LogP contribution in [0.15, 0.2) is 60.9 Å². The number of benzene rings is 2. The van der Waals surface area contributed by atoms with E-state index in [0.29, 0.717) is 25.0 Å². The Bertz CT molecular complexity index is 1100. The van der Waals surface area contributed by atoms with Crippen molar-refractivity contribution in [3.63, 3.8) is 0 Å². The Morgan fingerprint density at radius 1 is 1.06 bits per heavy atom. The van der Waals surface area contributed by atoms with Crippen LogP contribution in [0.3, 0.4) is 0 Å². The average Bonchev–Trinajstić information content (AvgIpc) is 3.10. The number of nitrogens with zero attached hydrogens (tertiary/aromatic N) is 2. The molecule has 0 radical (unpaired) electrons. The second-order valence-corrected chi connectivity index (χ2v) is 9.87. The molecule has 2 aromatic carbocycles. The number of fused-ring (bicyclic) bond motifs is 1. The number of carbonyl (C=O) groups excluding carboxylic acids is 1. The van der Waals surface area contributed by atoms with Crippen LogP contribution in [0, 0.1) is 12.8 Å². The molecule has 1 amide bonds. The molecule has 5 rings (SSSR count). The van der Waals surface area contributed by atoms with Gasteiger partial charge in [-0.25, -0.2) is 0 Å². The molecule has 0 saturated carbocycles. The van der Waals surface area contributed by atoms with Crippen molar-refractivity contribution in [2.75, 3.05) is 26.3 Å². The lowest BCUT2D eigenvalue weighted by Crippen LogP contribution is -2.50. The highest BCUT2D eigenvalue weighted by Gasteiger charge is 2.44. The van der Waals surface area contributed by atoms with E-state index < -0.39 is 5.41 Å². The summed E-state index contributed by atoms with van der Waals surface area (Å²) in [7, 11) is 0. The van der Waals surface area contributed by atoms with Gasteiger partial charge in [0.05, 0.1) is 5.41 Å². The van der Waals surface area contributed by atoms with Crippen LogP contribution in [0.1, 0.15) is 48.8 Å². The van der Waals surface area contributed by atoms with E-state index >= 15 is 0 Å². The first-order valence-electron chi connectivity index (χ1n) is 12.4. The van der Waals surface area contributed by atoms with Crippen LogP contribution >= 0.6 is 0 Å². The van der Waals surface area contributed by atoms with Gasteiger partial charge >= 0.3 is 0 Å². The topological polar surface area (TPSA) is 42.4 Å². The predicted molar refractivity (Wildman–Crippen MR) is 132 cm³/mol. The Morgan fingerprint density at radius 3 is 2.70 bits per heavy atom. The van der Waals surface area contributed by atoms with Crippen LogP contribution in [-0.2, 0) is 21.4 Å². The van der Waals surface area contributed by atoms with Crippen molar-refractivity contribution in [1.82, 2.24) is 9.88 Å². The fourth-order valence-corrected chi connectivity index (χ4v) is 5.76. The summed E-state index contributed by atoms with van der Waals surface area (Å²) in [5.74, 6) is 0.906. The standard InChI is InChI=1S/C29H34N2O2/c1-22-7-9-26(10-8-22)29(13-18-33-19-14-29)28(32)31-16-3-4-23(12-17-31)20-25-6-2-5-24-11-15-30-21-27(24)25/h2,5-11,15,21,23H,3-4,12-14,16-20H2,1H3/t23-/m1/s1. The minimum atomic E-state index is -0.437. The van der Waals surface area contributed by atoms with Crippen LogP contribution in [0.5, 0.6) is 0 Å². The summed E-state index contributed by atoms with van der Waals surface area (Å²) in [6, 6.07) is 17.2.